The van der Waals surface area contributed by atoms with Gasteiger partial charge >= 0.3 is 0 Å². The molecule has 0 unspecified atom stereocenters. The lowest BCUT2D eigenvalue weighted by Crippen LogP contribution is -2.45. The molecule has 0 atom stereocenters. The average molecular weight is 448 g/mol. The van der Waals surface area contributed by atoms with Crippen LogP contribution in [0.5, 0.6) is 5.75 Å². The highest BCUT2D eigenvalue weighted by atomic mass is 16.5. The Labute approximate surface area is 193 Å². The van der Waals surface area contributed by atoms with Crippen LogP contribution in [0.4, 0.5) is 0 Å². The number of nitrogens with zero attached hydrogens (tertiary/aromatic N) is 3. The second-order valence-corrected chi connectivity index (χ2v) is 8.52. The van der Waals surface area contributed by atoms with Crippen molar-refractivity contribution in [2.24, 2.45) is 5.92 Å². The third kappa shape index (κ3) is 5.61. The molecule has 0 radical (unpaired) electrons. The minimum absolute atomic E-state index is 0.00678. The molecule has 7 nitrogen and oxygen atoms in total. The summed E-state index contributed by atoms with van der Waals surface area (Å²) in [5.74, 6) is 1.47. The topological polar surface area (TPSA) is 75.9 Å². The fraction of sp³-hybridized carbons (Fsp3) is 0.346. The van der Waals surface area contributed by atoms with E-state index in [4.69, 9.17) is 9.26 Å². The van der Waals surface area contributed by atoms with Crippen LogP contribution in [0, 0.1) is 5.92 Å². The van der Waals surface area contributed by atoms with Gasteiger partial charge in [0.2, 0.25) is 5.91 Å². The molecule has 2 heterocycles. The Morgan fingerprint density at radius 1 is 1.09 bits per heavy atom. The molecule has 1 aromatic heterocycles. The Hall–Kier alpha value is -3.61. The minimum Gasteiger partial charge on any atom is -0.497 e. The van der Waals surface area contributed by atoms with Gasteiger partial charge in [-0.05, 0) is 48.6 Å². The summed E-state index contributed by atoms with van der Waals surface area (Å²) in [4.78, 5) is 29.8. The number of carbonyl (C=O) groups is 2. The third-order valence-corrected chi connectivity index (χ3v) is 6.07. The summed E-state index contributed by atoms with van der Waals surface area (Å²) in [6, 6.07) is 18.6. The molecule has 0 bridgehead atoms. The monoisotopic (exact) mass is 447 g/mol. The number of hydrogen-bond donors (Lipinski definition) is 0. The van der Waals surface area contributed by atoms with E-state index in [9.17, 15) is 9.59 Å². The zero-order valence-electron chi connectivity index (χ0n) is 19.1. The molecular formula is C26H29N3O4. The Bertz CT molecular complexity index is 1070. The lowest BCUT2D eigenvalue weighted by molar-refractivity contribution is -0.133. The maximum atomic E-state index is 13.4. The highest BCUT2D eigenvalue weighted by Crippen LogP contribution is 2.24. The van der Waals surface area contributed by atoms with E-state index in [0.29, 0.717) is 18.2 Å². The molecule has 33 heavy (non-hydrogen) atoms. The summed E-state index contributed by atoms with van der Waals surface area (Å²) in [6.07, 6.45) is 1.99. The van der Waals surface area contributed by atoms with Crippen LogP contribution in [0.3, 0.4) is 0 Å². The maximum Gasteiger partial charge on any atom is 0.276 e. The van der Waals surface area contributed by atoms with Crippen molar-refractivity contribution < 1.29 is 18.8 Å². The number of piperidine rings is 1. The highest BCUT2D eigenvalue weighted by molar-refractivity contribution is 5.95. The van der Waals surface area contributed by atoms with Crippen molar-refractivity contribution >= 4 is 11.8 Å². The number of methoxy groups -OCH3 is 1. The van der Waals surface area contributed by atoms with Crippen molar-refractivity contribution in [3.8, 4) is 17.1 Å². The molecule has 0 aliphatic carbocycles. The fourth-order valence-corrected chi connectivity index (χ4v) is 3.95. The van der Waals surface area contributed by atoms with Gasteiger partial charge in [0.25, 0.3) is 5.91 Å². The maximum absolute atomic E-state index is 13.4. The lowest BCUT2D eigenvalue weighted by atomic mass is 9.99. The number of likely N-dealkylation sites (tertiary alicyclic amines) is 1. The van der Waals surface area contributed by atoms with Gasteiger partial charge in [-0.3, -0.25) is 9.59 Å². The smallest absolute Gasteiger partial charge is 0.276 e. The SMILES string of the molecule is COc1ccc(-c2cc(C(=O)N(CC(=O)N3CCC(C)CC3)Cc3ccccc3)no2)cc1. The van der Waals surface area contributed by atoms with Gasteiger partial charge in [-0.25, -0.2) is 0 Å². The Balaban J connectivity index is 1.52. The number of benzene rings is 2. The zero-order chi connectivity index (χ0) is 23.2. The summed E-state index contributed by atoms with van der Waals surface area (Å²) in [6.45, 7) is 4.00. The van der Waals surface area contributed by atoms with Crippen LogP contribution in [0.1, 0.15) is 35.8 Å². The molecule has 0 spiro atoms. The van der Waals surface area contributed by atoms with Crippen LogP contribution in [0.15, 0.2) is 65.2 Å². The largest absolute Gasteiger partial charge is 0.497 e. The van der Waals surface area contributed by atoms with Gasteiger partial charge in [0.15, 0.2) is 11.5 Å². The first kappa shape index (κ1) is 22.6. The van der Waals surface area contributed by atoms with E-state index in [2.05, 4.69) is 12.1 Å². The van der Waals surface area contributed by atoms with E-state index in [0.717, 1.165) is 42.8 Å². The average Bonchev–Trinajstić information content (AvgIpc) is 3.34. The summed E-state index contributed by atoms with van der Waals surface area (Å²) in [7, 11) is 1.60. The van der Waals surface area contributed by atoms with Gasteiger partial charge in [-0.1, -0.05) is 42.4 Å². The molecular weight excluding hydrogens is 418 g/mol. The number of rotatable bonds is 7. The van der Waals surface area contributed by atoms with Gasteiger partial charge in [0, 0.05) is 31.3 Å². The predicted octanol–water partition coefficient (Wildman–Crippen LogP) is 4.25. The summed E-state index contributed by atoms with van der Waals surface area (Å²) in [5, 5.41) is 4.00. The fourth-order valence-electron chi connectivity index (χ4n) is 3.95. The van der Waals surface area contributed by atoms with Crippen LogP contribution >= 0.6 is 0 Å². The van der Waals surface area contributed by atoms with Crippen LogP contribution in [-0.4, -0.2) is 53.5 Å². The molecule has 2 aromatic carbocycles. The second-order valence-electron chi connectivity index (χ2n) is 8.52. The Kier molecular flexibility index (Phi) is 7.07. The first-order chi connectivity index (χ1) is 16.0. The molecule has 0 saturated carbocycles. The van der Waals surface area contributed by atoms with Gasteiger partial charge in [-0.2, -0.15) is 0 Å². The number of ether oxygens (including phenoxy) is 1. The highest BCUT2D eigenvalue weighted by Gasteiger charge is 2.27. The lowest BCUT2D eigenvalue weighted by Gasteiger charge is -2.32. The van der Waals surface area contributed by atoms with E-state index in [1.807, 2.05) is 59.5 Å². The molecule has 1 saturated heterocycles. The predicted molar refractivity (Wildman–Crippen MR) is 125 cm³/mol. The quantitative estimate of drug-likeness (QED) is 0.541. The first-order valence-corrected chi connectivity index (χ1v) is 11.3. The van der Waals surface area contributed by atoms with Crippen molar-refractivity contribution in [2.45, 2.75) is 26.3 Å². The molecule has 1 aliphatic rings. The third-order valence-electron chi connectivity index (χ3n) is 6.07. The Morgan fingerprint density at radius 3 is 2.45 bits per heavy atom. The van der Waals surface area contributed by atoms with Crippen molar-refractivity contribution in [1.29, 1.82) is 0 Å². The second kappa shape index (κ2) is 10.3. The summed E-state index contributed by atoms with van der Waals surface area (Å²) < 4.78 is 10.6. The van der Waals surface area contributed by atoms with E-state index < -0.39 is 0 Å². The summed E-state index contributed by atoms with van der Waals surface area (Å²) >= 11 is 0. The van der Waals surface area contributed by atoms with Gasteiger partial charge in [0.1, 0.15) is 12.3 Å². The van der Waals surface area contributed by atoms with Crippen LogP contribution in [0.25, 0.3) is 11.3 Å². The molecule has 7 heteroatoms. The molecule has 1 aliphatic heterocycles. The number of carbonyl (C=O) groups excluding carboxylic acids is 2. The molecule has 2 amide bonds. The van der Waals surface area contributed by atoms with Crippen LogP contribution in [-0.2, 0) is 11.3 Å². The summed E-state index contributed by atoms with van der Waals surface area (Å²) in [5.41, 5.74) is 1.91. The zero-order valence-corrected chi connectivity index (χ0v) is 19.1. The standard InChI is InChI=1S/C26H29N3O4/c1-19-12-14-28(15-13-19)25(30)18-29(17-20-6-4-3-5-7-20)26(31)23-16-24(33-27-23)21-8-10-22(32-2)11-9-21/h3-11,16,19H,12-15,17-18H2,1-2H3. The molecule has 0 N–H and O–H groups in total. The molecule has 3 aromatic rings. The number of hydrogen-bond acceptors (Lipinski definition) is 5. The molecule has 1 fully saturated rings. The van der Waals surface area contributed by atoms with Gasteiger partial charge in [-0.15, -0.1) is 0 Å². The number of amides is 2. The van der Waals surface area contributed by atoms with Crippen molar-refractivity contribution in [3.63, 3.8) is 0 Å². The van der Waals surface area contributed by atoms with E-state index in [1.54, 1.807) is 18.1 Å². The Morgan fingerprint density at radius 2 is 1.79 bits per heavy atom. The van der Waals surface area contributed by atoms with E-state index >= 15 is 0 Å². The first-order valence-electron chi connectivity index (χ1n) is 11.3. The minimum atomic E-state index is -0.332. The number of aromatic nitrogens is 1. The van der Waals surface area contributed by atoms with Crippen LogP contribution < -0.4 is 4.74 Å². The normalized spacial score (nSPS) is 14.2. The molecule has 172 valence electrons. The van der Waals surface area contributed by atoms with Gasteiger partial charge in [0.05, 0.1) is 7.11 Å². The van der Waals surface area contributed by atoms with Crippen molar-refractivity contribution in [2.75, 3.05) is 26.7 Å². The molecule has 4 rings (SSSR count). The van der Waals surface area contributed by atoms with Crippen molar-refractivity contribution in [1.82, 2.24) is 15.0 Å². The van der Waals surface area contributed by atoms with E-state index in [-0.39, 0.29) is 24.1 Å². The van der Waals surface area contributed by atoms with Gasteiger partial charge < -0.3 is 19.1 Å². The van der Waals surface area contributed by atoms with Crippen molar-refractivity contribution in [3.05, 3.63) is 71.9 Å². The van der Waals surface area contributed by atoms with E-state index in [1.165, 1.54) is 0 Å². The van der Waals surface area contributed by atoms with Crippen LogP contribution in [0.2, 0.25) is 0 Å².